The van der Waals surface area contributed by atoms with Gasteiger partial charge in [0.2, 0.25) is 0 Å². The molecule has 2 aromatic carbocycles. The fourth-order valence-corrected chi connectivity index (χ4v) is 5.04. The molecular weight excluding hydrogens is 468 g/mol. The molecule has 1 saturated heterocycles. The van der Waals surface area contributed by atoms with Gasteiger partial charge in [-0.05, 0) is 44.0 Å². The molecule has 2 aromatic rings. The zero-order valence-corrected chi connectivity index (χ0v) is 20.8. The minimum Gasteiger partial charge on any atom is -0.495 e. The maximum atomic E-state index is 13.3. The van der Waals surface area contributed by atoms with E-state index in [0.717, 1.165) is 6.42 Å². The number of nitrogens with one attached hydrogen (secondary N) is 1. The average molecular weight is 497 g/mol. The van der Waals surface area contributed by atoms with Crippen molar-refractivity contribution in [3.63, 3.8) is 0 Å². The van der Waals surface area contributed by atoms with Crippen molar-refractivity contribution in [3.05, 3.63) is 46.5 Å². The molecule has 0 radical (unpaired) electrons. The normalized spacial score (nSPS) is 15.8. The molecule has 180 valence electrons. The Hall–Kier alpha value is -2.49. The highest BCUT2D eigenvalue weighted by Gasteiger charge is 2.25. The molecule has 0 aliphatic carbocycles. The zero-order valence-electron chi connectivity index (χ0n) is 19.2. The number of rotatable bonds is 9. The highest BCUT2D eigenvalue weighted by molar-refractivity contribution is 7.92. The smallest absolute Gasteiger partial charge is 0.262 e. The number of halogens is 1. The molecule has 0 aromatic heterocycles. The zero-order chi connectivity index (χ0) is 24.2. The third-order valence-electron chi connectivity index (χ3n) is 5.64. The number of sulfonamides is 1. The van der Waals surface area contributed by atoms with E-state index in [9.17, 15) is 13.2 Å². The third-order valence-corrected chi connectivity index (χ3v) is 7.30. The largest absolute Gasteiger partial charge is 0.495 e. The fourth-order valence-electron chi connectivity index (χ4n) is 3.71. The lowest BCUT2D eigenvalue weighted by atomic mass is 10.1. The molecule has 10 heteroatoms. The van der Waals surface area contributed by atoms with Gasteiger partial charge in [-0.3, -0.25) is 9.52 Å². The molecule has 8 nitrogen and oxygen atoms in total. The molecule has 1 aliphatic rings. The van der Waals surface area contributed by atoms with E-state index in [4.69, 9.17) is 25.8 Å². The Balaban J connectivity index is 1.90. The molecule has 3 rings (SSSR count). The standard InChI is InChI=1S/C23H29ClN2O6S/c1-5-26(13-16-8-9-32-14-16)23(27)18-10-17(7-6-15(18)2)33(28,29)25-20-11-19(24)21(30-3)12-22(20)31-4/h6-7,10-12,16,25H,5,8-9,13-14H2,1-4H3. The fraction of sp³-hybridized carbons (Fsp3) is 0.435. The van der Waals surface area contributed by atoms with Gasteiger partial charge in [-0.2, -0.15) is 0 Å². The van der Waals surface area contributed by atoms with E-state index in [1.807, 2.05) is 6.92 Å². The number of nitrogens with zero attached hydrogens (tertiary/aromatic N) is 1. The number of methoxy groups -OCH3 is 2. The van der Waals surface area contributed by atoms with Gasteiger partial charge >= 0.3 is 0 Å². The van der Waals surface area contributed by atoms with Crippen molar-refractivity contribution in [2.75, 3.05) is 45.2 Å². The van der Waals surface area contributed by atoms with Gasteiger partial charge in [0.15, 0.2) is 0 Å². The number of hydrogen-bond donors (Lipinski definition) is 1. The number of benzene rings is 2. The molecule has 1 aliphatic heterocycles. The Labute approximate surface area is 199 Å². The van der Waals surface area contributed by atoms with Crippen LogP contribution in [0.1, 0.15) is 29.3 Å². The summed E-state index contributed by atoms with van der Waals surface area (Å²) < 4.78 is 44.7. The van der Waals surface area contributed by atoms with E-state index < -0.39 is 10.0 Å². The topological polar surface area (TPSA) is 94.2 Å². The van der Waals surface area contributed by atoms with Crippen molar-refractivity contribution >= 4 is 33.2 Å². The van der Waals surface area contributed by atoms with Crippen molar-refractivity contribution in [1.82, 2.24) is 4.90 Å². The lowest BCUT2D eigenvalue weighted by molar-refractivity contribution is 0.0730. The van der Waals surface area contributed by atoms with E-state index in [0.29, 0.717) is 43.2 Å². The number of ether oxygens (including phenoxy) is 3. The first-order valence-electron chi connectivity index (χ1n) is 10.6. The Morgan fingerprint density at radius 2 is 1.94 bits per heavy atom. The lowest BCUT2D eigenvalue weighted by Crippen LogP contribution is -2.36. The van der Waals surface area contributed by atoms with Gasteiger partial charge in [-0.15, -0.1) is 0 Å². The SMILES string of the molecule is CCN(CC1CCOC1)C(=O)c1cc(S(=O)(=O)Nc2cc(Cl)c(OC)cc2OC)ccc1C. The summed E-state index contributed by atoms with van der Waals surface area (Å²) in [6.07, 6.45) is 0.910. The molecule has 0 bridgehead atoms. The molecule has 1 amide bonds. The van der Waals surface area contributed by atoms with Crippen LogP contribution in [0.5, 0.6) is 11.5 Å². The van der Waals surface area contributed by atoms with Gasteiger partial charge in [0.05, 0.1) is 36.4 Å². The maximum absolute atomic E-state index is 13.3. The molecule has 0 spiro atoms. The van der Waals surface area contributed by atoms with Gasteiger partial charge < -0.3 is 19.1 Å². The summed E-state index contributed by atoms with van der Waals surface area (Å²) in [7, 11) is -1.16. The first-order valence-corrected chi connectivity index (χ1v) is 12.5. The van der Waals surface area contributed by atoms with Crippen LogP contribution in [-0.4, -0.2) is 59.7 Å². The highest BCUT2D eigenvalue weighted by Crippen LogP contribution is 2.37. The number of anilines is 1. The van der Waals surface area contributed by atoms with E-state index in [1.54, 1.807) is 17.9 Å². The summed E-state index contributed by atoms with van der Waals surface area (Å²) in [5, 5.41) is 0.227. The van der Waals surface area contributed by atoms with Crippen LogP contribution in [0, 0.1) is 12.8 Å². The molecular formula is C23H29ClN2O6S. The van der Waals surface area contributed by atoms with Gasteiger partial charge in [0, 0.05) is 37.2 Å². The Kier molecular flexibility index (Phi) is 8.10. The number of hydrogen-bond acceptors (Lipinski definition) is 6. The Morgan fingerprint density at radius 3 is 2.55 bits per heavy atom. The van der Waals surface area contributed by atoms with Crippen LogP contribution < -0.4 is 14.2 Å². The quantitative estimate of drug-likeness (QED) is 0.564. The van der Waals surface area contributed by atoms with Gasteiger partial charge in [0.1, 0.15) is 11.5 Å². The van der Waals surface area contributed by atoms with Gasteiger partial charge in [0.25, 0.3) is 15.9 Å². The second kappa shape index (κ2) is 10.6. The van der Waals surface area contributed by atoms with E-state index >= 15 is 0 Å². The van der Waals surface area contributed by atoms with Crippen LogP contribution in [0.3, 0.4) is 0 Å². The van der Waals surface area contributed by atoms with Crippen LogP contribution in [-0.2, 0) is 14.8 Å². The van der Waals surface area contributed by atoms with Crippen molar-refractivity contribution in [3.8, 4) is 11.5 Å². The monoisotopic (exact) mass is 496 g/mol. The molecule has 0 saturated carbocycles. The summed E-state index contributed by atoms with van der Waals surface area (Å²) >= 11 is 6.17. The maximum Gasteiger partial charge on any atom is 0.262 e. The summed E-state index contributed by atoms with van der Waals surface area (Å²) in [4.78, 5) is 15.0. The highest BCUT2D eigenvalue weighted by atomic mass is 35.5. The van der Waals surface area contributed by atoms with Crippen LogP contribution in [0.25, 0.3) is 0 Å². The van der Waals surface area contributed by atoms with Crippen LogP contribution in [0.15, 0.2) is 35.2 Å². The number of aryl methyl sites for hydroxylation is 1. The van der Waals surface area contributed by atoms with Crippen LogP contribution in [0.4, 0.5) is 5.69 Å². The molecule has 33 heavy (non-hydrogen) atoms. The van der Waals surface area contributed by atoms with E-state index in [1.165, 1.54) is 38.5 Å². The van der Waals surface area contributed by atoms with Crippen LogP contribution in [0.2, 0.25) is 5.02 Å². The van der Waals surface area contributed by atoms with Crippen molar-refractivity contribution in [1.29, 1.82) is 0 Å². The number of amides is 1. The van der Waals surface area contributed by atoms with E-state index in [-0.39, 0.29) is 33.2 Å². The average Bonchev–Trinajstić information content (AvgIpc) is 3.30. The predicted octanol–water partition coefficient (Wildman–Crippen LogP) is 3.97. The second-order valence-electron chi connectivity index (χ2n) is 7.84. The molecule has 1 atom stereocenters. The van der Waals surface area contributed by atoms with Crippen molar-refractivity contribution in [2.45, 2.75) is 25.2 Å². The lowest BCUT2D eigenvalue weighted by Gasteiger charge is -2.25. The third kappa shape index (κ3) is 5.72. The minimum atomic E-state index is -4.03. The summed E-state index contributed by atoms with van der Waals surface area (Å²) in [5.41, 5.74) is 1.21. The van der Waals surface area contributed by atoms with Gasteiger partial charge in [-0.1, -0.05) is 17.7 Å². The summed E-state index contributed by atoms with van der Waals surface area (Å²) in [6.45, 7) is 6.12. The number of carbonyl (C=O) groups excluding carboxylic acids is 1. The first-order chi connectivity index (χ1) is 15.7. The summed E-state index contributed by atoms with van der Waals surface area (Å²) in [5.74, 6) is 0.685. The Bertz CT molecular complexity index is 1120. The molecule has 1 fully saturated rings. The second-order valence-corrected chi connectivity index (χ2v) is 9.93. The first kappa shape index (κ1) is 25.1. The predicted molar refractivity (Wildman–Crippen MR) is 127 cm³/mol. The summed E-state index contributed by atoms with van der Waals surface area (Å²) in [6, 6.07) is 7.42. The molecule has 1 N–H and O–H groups in total. The van der Waals surface area contributed by atoms with E-state index in [2.05, 4.69) is 4.72 Å². The number of carbonyl (C=O) groups is 1. The Morgan fingerprint density at radius 1 is 1.21 bits per heavy atom. The molecule has 1 heterocycles. The van der Waals surface area contributed by atoms with Crippen LogP contribution >= 0.6 is 11.6 Å². The van der Waals surface area contributed by atoms with Crippen molar-refractivity contribution < 1.29 is 27.4 Å². The van der Waals surface area contributed by atoms with Gasteiger partial charge in [-0.25, -0.2) is 8.42 Å². The minimum absolute atomic E-state index is 0.0364. The van der Waals surface area contributed by atoms with Crippen molar-refractivity contribution in [2.24, 2.45) is 5.92 Å². The molecule has 1 unspecified atom stereocenters.